The van der Waals surface area contributed by atoms with E-state index < -0.39 is 17.7 Å². The van der Waals surface area contributed by atoms with Crippen molar-refractivity contribution < 1.29 is 14.3 Å². The second-order valence-electron chi connectivity index (χ2n) is 6.96. The zero-order chi connectivity index (χ0) is 19.5. The third-order valence-electron chi connectivity index (χ3n) is 3.57. The van der Waals surface area contributed by atoms with Crippen molar-refractivity contribution in [3.63, 3.8) is 0 Å². The number of aryl methyl sites for hydroxylation is 1. The number of alkyl carbamates (subject to hydrolysis) is 1. The average molecular weight is 486 g/mol. The summed E-state index contributed by atoms with van der Waals surface area (Å²) in [6.07, 6.45) is -0.644. The van der Waals surface area contributed by atoms with Gasteiger partial charge in [0.1, 0.15) is 11.6 Å². The first-order valence-corrected chi connectivity index (χ1v) is 9.58. The predicted octanol–water partition coefficient (Wildman–Crippen LogP) is 5.70. The van der Waals surface area contributed by atoms with E-state index in [0.717, 1.165) is 9.13 Å². The molecule has 2 aromatic rings. The number of halogens is 2. The van der Waals surface area contributed by atoms with Crippen molar-refractivity contribution in [3.8, 4) is 0 Å². The lowest BCUT2D eigenvalue weighted by atomic mass is 9.96. The van der Waals surface area contributed by atoms with Crippen molar-refractivity contribution in [1.29, 1.82) is 0 Å². The molecule has 0 bridgehead atoms. The van der Waals surface area contributed by atoms with Crippen molar-refractivity contribution in [3.05, 3.63) is 67.7 Å². The molecule has 0 saturated heterocycles. The number of hydrogen-bond acceptors (Lipinski definition) is 3. The van der Waals surface area contributed by atoms with Gasteiger partial charge in [0.2, 0.25) is 0 Å². The van der Waals surface area contributed by atoms with E-state index in [1.807, 2.05) is 19.1 Å². The standard InChI is InChI=1S/C20H21ClINO3/c1-12-11-14(7-10-16(12)21)17(23-19(25)26-20(2,3)4)18(24)13-5-8-15(22)9-6-13/h5-11,17H,1-4H3,(H,23,25). The van der Waals surface area contributed by atoms with Gasteiger partial charge in [-0.25, -0.2) is 4.79 Å². The lowest BCUT2D eigenvalue weighted by Crippen LogP contribution is -2.38. The number of carbonyl (C=O) groups excluding carboxylic acids is 2. The highest BCUT2D eigenvalue weighted by Gasteiger charge is 2.27. The monoisotopic (exact) mass is 485 g/mol. The Morgan fingerprint density at radius 1 is 1.12 bits per heavy atom. The molecule has 0 radical (unpaired) electrons. The number of ether oxygens (including phenoxy) is 1. The number of amides is 1. The van der Waals surface area contributed by atoms with Crippen LogP contribution in [0.4, 0.5) is 4.79 Å². The van der Waals surface area contributed by atoms with Crippen LogP contribution in [0.5, 0.6) is 0 Å². The number of benzene rings is 2. The van der Waals surface area contributed by atoms with E-state index in [1.165, 1.54) is 0 Å². The molecule has 0 aliphatic rings. The zero-order valence-electron chi connectivity index (χ0n) is 15.1. The smallest absolute Gasteiger partial charge is 0.408 e. The molecule has 1 unspecified atom stereocenters. The summed E-state index contributed by atoms with van der Waals surface area (Å²) in [7, 11) is 0. The number of hydrogen-bond donors (Lipinski definition) is 1. The fraction of sp³-hybridized carbons (Fsp3) is 0.300. The second-order valence-corrected chi connectivity index (χ2v) is 8.61. The largest absolute Gasteiger partial charge is 0.444 e. The minimum absolute atomic E-state index is 0.214. The third kappa shape index (κ3) is 5.71. The molecule has 1 atom stereocenters. The molecule has 0 aromatic heterocycles. The fourth-order valence-corrected chi connectivity index (χ4v) is 2.83. The molecule has 1 amide bonds. The first-order chi connectivity index (χ1) is 12.1. The van der Waals surface area contributed by atoms with Gasteiger partial charge in [-0.2, -0.15) is 0 Å². The van der Waals surface area contributed by atoms with Crippen LogP contribution in [0.15, 0.2) is 42.5 Å². The highest BCUT2D eigenvalue weighted by Crippen LogP contribution is 2.24. The Morgan fingerprint density at radius 2 is 1.73 bits per heavy atom. The molecule has 26 heavy (non-hydrogen) atoms. The van der Waals surface area contributed by atoms with Gasteiger partial charge in [0.15, 0.2) is 5.78 Å². The number of ketones is 1. The van der Waals surface area contributed by atoms with E-state index in [2.05, 4.69) is 27.9 Å². The summed E-state index contributed by atoms with van der Waals surface area (Å²) < 4.78 is 6.35. The van der Waals surface area contributed by atoms with Gasteiger partial charge in [-0.3, -0.25) is 4.79 Å². The average Bonchev–Trinajstić information content (AvgIpc) is 2.54. The van der Waals surface area contributed by atoms with Gasteiger partial charge in [-0.1, -0.05) is 35.9 Å². The minimum Gasteiger partial charge on any atom is -0.444 e. The minimum atomic E-state index is -0.860. The summed E-state index contributed by atoms with van der Waals surface area (Å²) in [6, 6.07) is 11.6. The van der Waals surface area contributed by atoms with E-state index >= 15 is 0 Å². The number of rotatable bonds is 4. The predicted molar refractivity (Wildman–Crippen MR) is 112 cm³/mol. The number of carbonyl (C=O) groups is 2. The Kier molecular flexibility index (Phi) is 6.69. The maximum atomic E-state index is 13.0. The SMILES string of the molecule is Cc1cc(C(NC(=O)OC(C)(C)C)C(=O)c2ccc(I)cc2)ccc1Cl. The first-order valence-electron chi connectivity index (χ1n) is 8.12. The maximum absolute atomic E-state index is 13.0. The van der Waals surface area contributed by atoms with Gasteiger partial charge in [0.05, 0.1) is 0 Å². The molecule has 0 heterocycles. The topological polar surface area (TPSA) is 55.4 Å². The quantitative estimate of drug-likeness (QED) is 0.446. The molecule has 138 valence electrons. The highest BCUT2D eigenvalue weighted by molar-refractivity contribution is 14.1. The van der Waals surface area contributed by atoms with Crippen LogP contribution in [-0.2, 0) is 4.74 Å². The summed E-state index contributed by atoms with van der Waals surface area (Å²) in [5.41, 5.74) is 1.34. The van der Waals surface area contributed by atoms with Crippen molar-refractivity contribution in [2.75, 3.05) is 0 Å². The maximum Gasteiger partial charge on any atom is 0.408 e. The Morgan fingerprint density at radius 3 is 2.27 bits per heavy atom. The number of Topliss-reactive ketones (excluding diaryl/α,β-unsaturated/α-hetero) is 1. The third-order valence-corrected chi connectivity index (χ3v) is 4.71. The van der Waals surface area contributed by atoms with Crippen molar-refractivity contribution >= 4 is 46.1 Å². The molecule has 0 aliphatic heterocycles. The van der Waals surface area contributed by atoms with E-state index in [9.17, 15) is 9.59 Å². The van der Waals surface area contributed by atoms with Crippen LogP contribution >= 0.6 is 34.2 Å². The molecular weight excluding hydrogens is 465 g/mol. The van der Waals surface area contributed by atoms with Crippen LogP contribution < -0.4 is 5.32 Å². The molecule has 2 rings (SSSR count). The van der Waals surface area contributed by atoms with Crippen LogP contribution in [0.25, 0.3) is 0 Å². The van der Waals surface area contributed by atoms with Crippen LogP contribution in [0.3, 0.4) is 0 Å². The molecular formula is C20H21ClINO3. The van der Waals surface area contributed by atoms with Crippen molar-refractivity contribution in [2.24, 2.45) is 0 Å². The molecule has 0 aliphatic carbocycles. The van der Waals surface area contributed by atoms with Gasteiger partial charge < -0.3 is 10.1 Å². The molecule has 2 aromatic carbocycles. The summed E-state index contributed by atoms with van der Waals surface area (Å²) in [4.78, 5) is 25.3. The van der Waals surface area contributed by atoms with Gasteiger partial charge in [-0.15, -0.1) is 0 Å². The molecule has 6 heteroatoms. The summed E-state index contributed by atoms with van der Waals surface area (Å²) in [6.45, 7) is 7.17. The molecule has 0 spiro atoms. The summed E-state index contributed by atoms with van der Waals surface area (Å²) >= 11 is 8.27. The zero-order valence-corrected chi connectivity index (χ0v) is 18.0. The van der Waals surface area contributed by atoms with Crippen LogP contribution in [0, 0.1) is 10.5 Å². The van der Waals surface area contributed by atoms with Crippen LogP contribution in [0.1, 0.15) is 48.3 Å². The first kappa shape index (κ1) is 20.7. The van der Waals surface area contributed by atoms with Gasteiger partial charge in [0, 0.05) is 14.2 Å². The van der Waals surface area contributed by atoms with E-state index in [-0.39, 0.29) is 5.78 Å². The number of nitrogens with one attached hydrogen (secondary N) is 1. The van der Waals surface area contributed by atoms with Crippen LogP contribution in [0.2, 0.25) is 5.02 Å². The van der Waals surface area contributed by atoms with E-state index in [4.69, 9.17) is 16.3 Å². The van der Waals surface area contributed by atoms with E-state index in [0.29, 0.717) is 16.1 Å². The van der Waals surface area contributed by atoms with Gasteiger partial charge in [0.25, 0.3) is 0 Å². The lowest BCUT2D eigenvalue weighted by molar-refractivity contribution is 0.0490. The van der Waals surface area contributed by atoms with Gasteiger partial charge in [-0.05, 0) is 79.6 Å². The van der Waals surface area contributed by atoms with Crippen molar-refractivity contribution in [2.45, 2.75) is 39.3 Å². The Labute approximate surface area is 172 Å². The Balaban J connectivity index is 2.37. The second kappa shape index (κ2) is 8.39. The molecule has 4 nitrogen and oxygen atoms in total. The molecule has 0 saturated carbocycles. The summed E-state index contributed by atoms with van der Waals surface area (Å²) in [5.74, 6) is -0.214. The van der Waals surface area contributed by atoms with E-state index in [1.54, 1.807) is 51.1 Å². The Hall–Kier alpha value is -1.60. The highest BCUT2D eigenvalue weighted by atomic mass is 127. The normalized spacial score (nSPS) is 12.4. The lowest BCUT2D eigenvalue weighted by Gasteiger charge is -2.23. The molecule has 0 fully saturated rings. The fourth-order valence-electron chi connectivity index (χ4n) is 2.35. The van der Waals surface area contributed by atoms with Crippen molar-refractivity contribution in [1.82, 2.24) is 5.32 Å². The Bertz CT molecular complexity index is 813. The molecule has 1 N–H and O–H groups in total. The summed E-state index contributed by atoms with van der Waals surface area (Å²) in [5, 5.41) is 3.30. The van der Waals surface area contributed by atoms with Crippen LogP contribution in [-0.4, -0.2) is 17.5 Å². The van der Waals surface area contributed by atoms with Gasteiger partial charge >= 0.3 is 6.09 Å².